The van der Waals surface area contributed by atoms with Crippen LogP contribution in [0.15, 0.2) is 34.5 Å². The van der Waals surface area contributed by atoms with Crippen LogP contribution in [0.4, 0.5) is 0 Å². The summed E-state index contributed by atoms with van der Waals surface area (Å²) in [6.45, 7) is 3.76. The lowest BCUT2D eigenvalue weighted by Gasteiger charge is -2.19. The van der Waals surface area contributed by atoms with Crippen molar-refractivity contribution >= 4 is 27.1 Å². The molecule has 1 aromatic heterocycles. The van der Waals surface area contributed by atoms with Gasteiger partial charge in [0.25, 0.3) is 0 Å². The van der Waals surface area contributed by atoms with Gasteiger partial charge in [-0.2, -0.15) is 0 Å². The van der Waals surface area contributed by atoms with Gasteiger partial charge < -0.3 is 5.32 Å². The Morgan fingerprint density at radius 2 is 1.86 bits per heavy atom. The molecule has 0 radical (unpaired) electrons. The fourth-order valence-electron chi connectivity index (χ4n) is 3.48. The third kappa shape index (κ3) is 5.20. The highest BCUT2D eigenvalue weighted by atomic mass is 32.2. The normalized spacial score (nSPS) is 15.7. The van der Waals surface area contributed by atoms with E-state index >= 15 is 0 Å². The van der Waals surface area contributed by atoms with Crippen LogP contribution >= 0.6 is 11.3 Å². The highest BCUT2D eigenvalue weighted by Gasteiger charge is 2.20. The predicted octanol–water partition coefficient (Wildman–Crippen LogP) is 4.23. The quantitative estimate of drug-likeness (QED) is 0.727. The Morgan fingerprint density at radius 3 is 2.50 bits per heavy atom. The summed E-state index contributed by atoms with van der Waals surface area (Å²) in [4.78, 5) is 17.2. The van der Waals surface area contributed by atoms with E-state index in [1.807, 2.05) is 0 Å². The van der Waals surface area contributed by atoms with Crippen LogP contribution in [0.25, 0.3) is 0 Å². The molecule has 1 aromatic carbocycles. The Morgan fingerprint density at radius 1 is 1.18 bits per heavy atom. The zero-order chi connectivity index (χ0) is 20.1. The van der Waals surface area contributed by atoms with Gasteiger partial charge in [0.15, 0.2) is 9.84 Å². The molecule has 0 spiro atoms. The topological polar surface area (TPSA) is 76.1 Å². The van der Waals surface area contributed by atoms with Crippen molar-refractivity contribution in [2.45, 2.75) is 75.0 Å². The summed E-state index contributed by atoms with van der Waals surface area (Å²) in [5.41, 5.74) is 1.97. The zero-order valence-electron chi connectivity index (χ0n) is 16.5. The van der Waals surface area contributed by atoms with E-state index in [2.05, 4.69) is 10.7 Å². The van der Waals surface area contributed by atoms with Gasteiger partial charge in [0, 0.05) is 11.3 Å². The molecular weight excluding hydrogens is 392 g/mol. The van der Waals surface area contributed by atoms with E-state index in [1.165, 1.54) is 37.8 Å². The van der Waals surface area contributed by atoms with Crippen molar-refractivity contribution in [2.24, 2.45) is 0 Å². The number of amides is 1. The Labute approximate surface area is 171 Å². The summed E-state index contributed by atoms with van der Waals surface area (Å²) < 4.78 is 24.3. The molecule has 1 aliphatic carbocycles. The maximum atomic E-state index is 12.2. The number of rotatable bonds is 7. The molecular formula is C21H28N2O3S2. The van der Waals surface area contributed by atoms with Gasteiger partial charge in [-0.3, -0.25) is 4.79 Å². The molecule has 7 heteroatoms. The second kappa shape index (κ2) is 9.18. The van der Waals surface area contributed by atoms with Crippen LogP contribution in [0.5, 0.6) is 0 Å². The monoisotopic (exact) mass is 420 g/mol. The number of hydrogen-bond donors (Lipinski definition) is 1. The van der Waals surface area contributed by atoms with E-state index < -0.39 is 15.1 Å². The van der Waals surface area contributed by atoms with Crippen molar-refractivity contribution < 1.29 is 13.2 Å². The fourth-order valence-corrected chi connectivity index (χ4v) is 5.36. The minimum atomic E-state index is -3.28. The van der Waals surface area contributed by atoms with Gasteiger partial charge in [-0.1, -0.05) is 31.4 Å². The van der Waals surface area contributed by atoms with E-state index in [4.69, 9.17) is 4.98 Å². The summed E-state index contributed by atoms with van der Waals surface area (Å²) in [5.74, 6) is 0.490. The highest BCUT2D eigenvalue weighted by molar-refractivity contribution is 7.92. The fraction of sp³-hybridized carbons (Fsp3) is 0.524. The van der Waals surface area contributed by atoms with E-state index in [0.29, 0.717) is 17.4 Å². The molecule has 1 aliphatic rings. The Balaban J connectivity index is 1.51. The molecule has 0 unspecified atom stereocenters. The number of benzene rings is 1. The Hall–Kier alpha value is -1.73. The summed E-state index contributed by atoms with van der Waals surface area (Å²) in [5, 5.41) is 5.53. The zero-order valence-corrected chi connectivity index (χ0v) is 18.1. The van der Waals surface area contributed by atoms with Gasteiger partial charge in [0.1, 0.15) is 5.01 Å². The minimum Gasteiger partial charge on any atom is -0.349 e. The van der Waals surface area contributed by atoms with Gasteiger partial charge in [-0.05, 0) is 44.4 Å². The number of sulfone groups is 1. The van der Waals surface area contributed by atoms with E-state index in [0.717, 1.165) is 10.6 Å². The van der Waals surface area contributed by atoms with Crippen molar-refractivity contribution in [3.8, 4) is 0 Å². The molecule has 2 aromatic rings. The second-order valence-electron chi connectivity index (χ2n) is 7.69. The summed E-state index contributed by atoms with van der Waals surface area (Å²) in [6, 6.07) is 6.57. The van der Waals surface area contributed by atoms with Gasteiger partial charge in [-0.25, -0.2) is 13.4 Å². The van der Waals surface area contributed by atoms with E-state index in [1.54, 1.807) is 49.4 Å². The Kier molecular flexibility index (Phi) is 6.88. The number of aromatic nitrogens is 1. The first-order chi connectivity index (χ1) is 13.4. The maximum Gasteiger partial charge on any atom is 0.224 e. The molecule has 0 bridgehead atoms. The first kappa shape index (κ1) is 21.0. The van der Waals surface area contributed by atoms with Gasteiger partial charge >= 0.3 is 0 Å². The maximum absolute atomic E-state index is 12.2. The third-order valence-corrected chi connectivity index (χ3v) is 8.30. The molecule has 1 amide bonds. The van der Waals surface area contributed by atoms with Crippen molar-refractivity contribution in [1.29, 1.82) is 0 Å². The molecule has 5 nitrogen and oxygen atoms in total. The molecule has 28 heavy (non-hydrogen) atoms. The summed E-state index contributed by atoms with van der Waals surface area (Å²) in [6.07, 6.45) is 6.56. The van der Waals surface area contributed by atoms with Crippen LogP contribution in [0.1, 0.15) is 68.1 Å². The number of carbonyl (C=O) groups is 1. The lowest BCUT2D eigenvalue weighted by molar-refractivity contribution is -0.120. The summed E-state index contributed by atoms with van der Waals surface area (Å²) >= 11 is 1.61. The summed E-state index contributed by atoms with van der Waals surface area (Å²) in [7, 11) is -3.28. The molecule has 152 valence electrons. The number of nitrogens with zero attached hydrogens (tertiary/aromatic N) is 1. The second-order valence-corrected chi connectivity index (χ2v) is 11.1. The van der Waals surface area contributed by atoms with E-state index in [-0.39, 0.29) is 12.3 Å². The molecule has 1 N–H and O–H groups in total. The minimum absolute atomic E-state index is 0.0890. The van der Waals surface area contributed by atoms with Crippen molar-refractivity contribution in [1.82, 2.24) is 10.3 Å². The molecule has 0 saturated heterocycles. The van der Waals surface area contributed by atoms with Gasteiger partial charge in [0.2, 0.25) is 5.91 Å². The average Bonchev–Trinajstić information content (AvgIpc) is 3.16. The number of carbonyl (C=O) groups excluding carboxylic acids is 1. The van der Waals surface area contributed by atoms with Crippen LogP contribution < -0.4 is 5.32 Å². The van der Waals surface area contributed by atoms with Crippen LogP contribution in [-0.4, -0.2) is 24.6 Å². The Bertz CT molecular complexity index is 896. The van der Waals surface area contributed by atoms with E-state index in [9.17, 15) is 13.2 Å². The molecule has 0 aliphatic heterocycles. The number of nitrogens with one attached hydrogen (secondary N) is 1. The molecule has 1 fully saturated rings. The first-order valence-electron chi connectivity index (χ1n) is 9.90. The number of thiazole rings is 1. The lowest BCUT2D eigenvalue weighted by atomic mass is 9.87. The molecule has 0 atom stereocenters. The predicted molar refractivity (Wildman–Crippen MR) is 112 cm³/mol. The van der Waals surface area contributed by atoms with Crippen LogP contribution in [0.2, 0.25) is 0 Å². The molecule has 1 saturated carbocycles. The van der Waals surface area contributed by atoms with Crippen molar-refractivity contribution in [2.75, 3.05) is 0 Å². The van der Waals surface area contributed by atoms with Crippen molar-refractivity contribution in [3.63, 3.8) is 0 Å². The van der Waals surface area contributed by atoms with Crippen LogP contribution in [0, 0.1) is 0 Å². The first-order valence-corrected chi connectivity index (χ1v) is 12.3. The third-order valence-electron chi connectivity index (χ3n) is 5.27. The van der Waals surface area contributed by atoms with Crippen LogP contribution in [0.3, 0.4) is 0 Å². The largest absolute Gasteiger partial charge is 0.349 e. The standard InChI is InChI=1S/C21H28N2O3S2/c1-15(2)28(25,26)18-10-8-16(9-11-18)12-20(24)22-13-21-23-19(14-27-21)17-6-4-3-5-7-17/h8-11,14-15,17H,3-7,12-13H2,1-2H3,(H,22,24). The SMILES string of the molecule is CC(C)S(=O)(=O)c1ccc(CC(=O)NCc2nc(C3CCCCC3)cs2)cc1. The lowest BCUT2D eigenvalue weighted by Crippen LogP contribution is -2.24. The molecule has 1 heterocycles. The highest BCUT2D eigenvalue weighted by Crippen LogP contribution is 2.33. The van der Waals surface area contributed by atoms with Gasteiger partial charge in [-0.15, -0.1) is 11.3 Å². The van der Waals surface area contributed by atoms with Gasteiger partial charge in [0.05, 0.1) is 28.8 Å². The van der Waals surface area contributed by atoms with Crippen LogP contribution in [-0.2, 0) is 27.6 Å². The molecule has 3 rings (SSSR count). The van der Waals surface area contributed by atoms with Crippen molar-refractivity contribution in [3.05, 3.63) is 45.9 Å². The average molecular weight is 421 g/mol. The smallest absolute Gasteiger partial charge is 0.224 e. The number of hydrogen-bond acceptors (Lipinski definition) is 5.